The summed E-state index contributed by atoms with van der Waals surface area (Å²) in [6.07, 6.45) is 3.25. The largest absolute Gasteiger partial charge is 0.480 e. The minimum atomic E-state index is -3.75. The normalized spacial score (nSPS) is 12.2. The van der Waals surface area contributed by atoms with Crippen molar-refractivity contribution in [3.8, 4) is 0 Å². The number of aryl methyl sites for hydroxylation is 2. The number of nitrogens with zero attached hydrogens (tertiary/aromatic N) is 1. The zero-order valence-electron chi connectivity index (χ0n) is 20.1. The molecule has 9 heteroatoms. The first-order valence-electron chi connectivity index (χ1n) is 11.1. The van der Waals surface area contributed by atoms with Crippen LogP contribution in [0.2, 0.25) is 0 Å². The van der Waals surface area contributed by atoms with E-state index in [2.05, 4.69) is 15.0 Å². The maximum Gasteiger partial charge on any atom is 0.326 e. The predicted molar refractivity (Wildman–Crippen MR) is 133 cm³/mol. The van der Waals surface area contributed by atoms with Crippen LogP contribution in [0.15, 0.2) is 59.8 Å². The van der Waals surface area contributed by atoms with Gasteiger partial charge < -0.3 is 10.4 Å². The van der Waals surface area contributed by atoms with E-state index in [0.29, 0.717) is 21.6 Å². The quantitative estimate of drug-likeness (QED) is 0.419. The third kappa shape index (κ3) is 6.32. The van der Waals surface area contributed by atoms with Crippen molar-refractivity contribution < 1.29 is 23.1 Å². The van der Waals surface area contributed by atoms with Crippen LogP contribution in [0.3, 0.4) is 0 Å². The van der Waals surface area contributed by atoms with Crippen molar-refractivity contribution in [2.75, 3.05) is 0 Å². The molecule has 0 fully saturated rings. The number of hydrogen-bond acceptors (Lipinski definition) is 5. The number of aliphatic carboxylic acids is 1. The Bertz CT molecular complexity index is 1310. The monoisotopic (exact) mass is 495 g/mol. The van der Waals surface area contributed by atoms with Gasteiger partial charge in [0.05, 0.1) is 4.90 Å². The minimum Gasteiger partial charge on any atom is -0.480 e. The molecular weight excluding hydrogens is 466 g/mol. The number of carboxylic acid groups (broad SMARTS) is 1. The van der Waals surface area contributed by atoms with E-state index in [-0.39, 0.29) is 18.5 Å². The predicted octanol–water partition coefficient (Wildman–Crippen LogP) is 3.22. The van der Waals surface area contributed by atoms with Gasteiger partial charge in [-0.3, -0.25) is 9.78 Å². The first-order chi connectivity index (χ1) is 16.5. The molecule has 8 nitrogen and oxygen atoms in total. The van der Waals surface area contributed by atoms with Crippen LogP contribution < -0.4 is 10.0 Å². The van der Waals surface area contributed by atoms with E-state index in [1.165, 1.54) is 12.1 Å². The molecule has 0 saturated heterocycles. The lowest BCUT2D eigenvalue weighted by Crippen LogP contribution is -2.42. The molecule has 1 unspecified atom stereocenters. The van der Waals surface area contributed by atoms with Gasteiger partial charge in [0.25, 0.3) is 5.91 Å². The summed E-state index contributed by atoms with van der Waals surface area (Å²) in [5.41, 5.74) is 4.93. The first kappa shape index (κ1) is 26.1. The van der Waals surface area contributed by atoms with E-state index in [9.17, 15) is 23.1 Å². The molecule has 2 aromatic carbocycles. The lowest BCUT2D eigenvalue weighted by Gasteiger charge is -2.16. The average Bonchev–Trinajstić information content (AvgIpc) is 2.82. The highest BCUT2D eigenvalue weighted by atomic mass is 32.2. The van der Waals surface area contributed by atoms with Gasteiger partial charge in [-0.2, -0.15) is 0 Å². The van der Waals surface area contributed by atoms with Crippen molar-refractivity contribution in [3.05, 3.63) is 93.8 Å². The van der Waals surface area contributed by atoms with Crippen molar-refractivity contribution in [1.29, 1.82) is 0 Å². The SMILES string of the molecule is Cc1cc(C)c(C)c(S(=O)(=O)NCc2ccc(C(=O)NC(Cc3ccncc3)C(=O)O)cc2)c1C. The Hall–Kier alpha value is -3.56. The maximum atomic E-state index is 13.0. The molecule has 0 bridgehead atoms. The molecule has 1 aromatic heterocycles. The number of carbonyl (C=O) groups excluding carboxylic acids is 1. The molecule has 3 N–H and O–H groups in total. The van der Waals surface area contributed by atoms with Crippen LogP contribution in [0.25, 0.3) is 0 Å². The fourth-order valence-corrected chi connectivity index (χ4v) is 5.43. The van der Waals surface area contributed by atoms with E-state index in [1.807, 2.05) is 19.9 Å². The second-order valence-corrected chi connectivity index (χ2v) is 10.2. The topological polar surface area (TPSA) is 125 Å². The number of hydrogen-bond donors (Lipinski definition) is 3. The number of pyridine rings is 1. The van der Waals surface area contributed by atoms with E-state index < -0.39 is 27.9 Å². The molecule has 1 heterocycles. The van der Waals surface area contributed by atoms with E-state index in [1.54, 1.807) is 50.5 Å². The molecule has 3 aromatic rings. The molecule has 0 aliphatic carbocycles. The van der Waals surface area contributed by atoms with Crippen LogP contribution in [0.4, 0.5) is 0 Å². The van der Waals surface area contributed by atoms with Crippen molar-refractivity contribution in [3.63, 3.8) is 0 Å². The Balaban J connectivity index is 1.68. The molecule has 1 atom stereocenters. The van der Waals surface area contributed by atoms with Gasteiger partial charge in [-0.25, -0.2) is 17.9 Å². The first-order valence-corrected chi connectivity index (χ1v) is 12.6. The number of sulfonamides is 1. The van der Waals surface area contributed by atoms with Crippen molar-refractivity contribution >= 4 is 21.9 Å². The Labute approximate surface area is 205 Å². The van der Waals surface area contributed by atoms with E-state index in [4.69, 9.17) is 0 Å². The summed E-state index contributed by atoms with van der Waals surface area (Å²) in [5, 5.41) is 12.0. The van der Waals surface area contributed by atoms with Crippen LogP contribution in [-0.2, 0) is 27.8 Å². The van der Waals surface area contributed by atoms with Gasteiger partial charge in [-0.15, -0.1) is 0 Å². The van der Waals surface area contributed by atoms with Gasteiger partial charge in [0.2, 0.25) is 10.0 Å². The van der Waals surface area contributed by atoms with Crippen LogP contribution in [0, 0.1) is 27.7 Å². The minimum absolute atomic E-state index is 0.0515. The number of aromatic nitrogens is 1. The number of nitrogens with one attached hydrogen (secondary N) is 2. The molecule has 0 aliphatic heterocycles. The van der Waals surface area contributed by atoms with Gasteiger partial charge in [0.1, 0.15) is 6.04 Å². The molecule has 1 amide bonds. The highest BCUT2D eigenvalue weighted by Gasteiger charge is 2.23. The Morgan fingerprint density at radius 3 is 2.03 bits per heavy atom. The summed E-state index contributed by atoms with van der Waals surface area (Å²) < 4.78 is 28.7. The number of rotatable bonds is 9. The standard InChI is InChI=1S/C26H29N3O5S/c1-16-13-17(2)19(4)24(18(16)3)35(33,34)28-15-21-5-7-22(8-6-21)25(30)29-23(26(31)32)14-20-9-11-27-12-10-20/h5-13,23,28H,14-15H2,1-4H3,(H,29,30)(H,31,32). The Kier molecular flexibility index (Phi) is 8.03. The second kappa shape index (κ2) is 10.8. The van der Waals surface area contributed by atoms with Crippen LogP contribution in [0.1, 0.15) is 43.7 Å². The van der Waals surface area contributed by atoms with Gasteiger partial charge in [-0.05, 0) is 85.3 Å². The molecular formula is C26H29N3O5S. The van der Waals surface area contributed by atoms with Crippen LogP contribution in [-0.4, -0.2) is 36.4 Å². The highest BCUT2D eigenvalue weighted by molar-refractivity contribution is 7.89. The van der Waals surface area contributed by atoms with Crippen molar-refractivity contribution in [2.45, 2.75) is 51.6 Å². The zero-order chi connectivity index (χ0) is 25.8. The second-order valence-electron chi connectivity index (χ2n) is 8.53. The smallest absolute Gasteiger partial charge is 0.326 e. The summed E-state index contributed by atoms with van der Waals surface area (Å²) in [7, 11) is -3.75. The summed E-state index contributed by atoms with van der Waals surface area (Å²) in [6, 6.07) is 10.6. The molecule has 0 spiro atoms. The third-order valence-corrected chi connectivity index (χ3v) is 7.72. The third-order valence-electron chi connectivity index (χ3n) is 6.04. The van der Waals surface area contributed by atoms with Crippen LogP contribution >= 0.6 is 0 Å². The Morgan fingerprint density at radius 2 is 1.49 bits per heavy atom. The van der Waals surface area contributed by atoms with Gasteiger partial charge >= 0.3 is 5.97 Å². The van der Waals surface area contributed by atoms with E-state index in [0.717, 1.165) is 16.7 Å². The fraction of sp³-hybridized carbons (Fsp3) is 0.269. The number of benzene rings is 2. The fourth-order valence-electron chi connectivity index (χ4n) is 3.80. The molecule has 184 valence electrons. The van der Waals surface area contributed by atoms with Crippen LogP contribution in [0.5, 0.6) is 0 Å². The van der Waals surface area contributed by atoms with Gasteiger partial charge in [0.15, 0.2) is 0 Å². The summed E-state index contributed by atoms with van der Waals surface area (Å²) >= 11 is 0. The van der Waals surface area contributed by atoms with Crippen molar-refractivity contribution in [1.82, 2.24) is 15.0 Å². The zero-order valence-corrected chi connectivity index (χ0v) is 20.9. The maximum absolute atomic E-state index is 13.0. The van der Waals surface area contributed by atoms with Gasteiger partial charge in [-0.1, -0.05) is 18.2 Å². The highest BCUT2D eigenvalue weighted by Crippen LogP contribution is 2.26. The average molecular weight is 496 g/mol. The summed E-state index contributed by atoms with van der Waals surface area (Å²) in [4.78, 5) is 28.4. The number of amides is 1. The lowest BCUT2D eigenvalue weighted by atomic mass is 10.0. The number of carbonyl (C=O) groups is 2. The molecule has 0 aliphatic rings. The molecule has 35 heavy (non-hydrogen) atoms. The van der Waals surface area contributed by atoms with Gasteiger partial charge in [0, 0.05) is 30.9 Å². The Morgan fingerprint density at radius 1 is 0.914 bits per heavy atom. The number of carboxylic acids is 1. The molecule has 0 saturated carbocycles. The summed E-state index contributed by atoms with van der Waals surface area (Å²) in [6.45, 7) is 7.41. The lowest BCUT2D eigenvalue weighted by molar-refractivity contribution is -0.139. The van der Waals surface area contributed by atoms with E-state index >= 15 is 0 Å². The molecule has 0 radical (unpaired) electrons. The van der Waals surface area contributed by atoms with Crippen molar-refractivity contribution in [2.24, 2.45) is 0 Å². The molecule has 3 rings (SSSR count). The summed E-state index contributed by atoms with van der Waals surface area (Å²) in [5.74, 6) is -1.67.